The molecular formula is C19H12ClN. The van der Waals surface area contributed by atoms with E-state index in [1.165, 1.54) is 0 Å². The van der Waals surface area contributed by atoms with E-state index in [0.29, 0.717) is 5.02 Å². The van der Waals surface area contributed by atoms with Crippen LogP contribution in [0.15, 0.2) is 55.1 Å². The molecule has 100 valence electrons. The highest BCUT2D eigenvalue weighted by Crippen LogP contribution is 2.29. The minimum Gasteiger partial charge on any atom is -0.248 e. The molecule has 2 heteroatoms. The number of rotatable bonds is 2. The minimum atomic E-state index is 0.678. The first-order valence-corrected chi connectivity index (χ1v) is 6.89. The second kappa shape index (κ2) is 5.44. The molecule has 0 spiro atoms. The molecule has 0 radical (unpaired) electrons. The van der Waals surface area contributed by atoms with Crippen LogP contribution in [0.4, 0.5) is 0 Å². The van der Waals surface area contributed by atoms with Crippen LogP contribution < -0.4 is 0 Å². The topological polar surface area (TPSA) is 12.9 Å². The second-order valence-corrected chi connectivity index (χ2v) is 5.10. The Bertz CT molecular complexity index is 888. The van der Waals surface area contributed by atoms with Crippen molar-refractivity contribution in [3.63, 3.8) is 0 Å². The van der Waals surface area contributed by atoms with Gasteiger partial charge in [-0.05, 0) is 29.8 Å². The van der Waals surface area contributed by atoms with E-state index in [-0.39, 0.29) is 0 Å². The van der Waals surface area contributed by atoms with Crippen LogP contribution in [0.2, 0.25) is 5.02 Å². The van der Waals surface area contributed by atoms with Crippen molar-refractivity contribution in [3.8, 4) is 23.6 Å². The van der Waals surface area contributed by atoms with Crippen molar-refractivity contribution in [2.75, 3.05) is 0 Å². The van der Waals surface area contributed by atoms with Gasteiger partial charge in [-0.15, -0.1) is 6.42 Å². The van der Waals surface area contributed by atoms with E-state index in [4.69, 9.17) is 18.0 Å². The summed E-state index contributed by atoms with van der Waals surface area (Å²) >= 11 is 6.38. The summed E-state index contributed by atoms with van der Waals surface area (Å²) in [6.07, 6.45) is 7.24. The van der Waals surface area contributed by atoms with Crippen molar-refractivity contribution in [1.82, 2.24) is 4.98 Å². The van der Waals surface area contributed by atoms with E-state index < -0.39 is 0 Å². The summed E-state index contributed by atoms with van der Waals surface area (Å²) in [5.74, 6) is 2.63. The lowest BCUT2D eigenvalue weighted by molar-refractivity contribution is 1.39. The van der Waals surface area contributed by atoms with Crippen LogP contribution in [0.1, 0.15) is 11.1 Å². The summed E-state index contributed by atoms with van der Waals surface area (Å²) in [6.45, 7) is 3.78. The standard InChI is InChI=1S/C19H12ClN/c1-3-13-6-5-7-15(10-13)18-12-17(20)16-9-8-14(4-2)11-19(16)21-18/h1,4-12H,2H2. The molecule has 3 rings (SSSR count). The molecule has 0 N–H and O–H groups in total. The van der Waals surface area contributed by atoms with Crippen molar-refractivity contribution in [2.24, 2.45) is 0 Å². The number of pyridine rings is 1. The number of benzene rings is 2. The number of terminal acetylenes is 1. The van der Waals surface area contributed by atoms with Crippen LogP contribution in [-0.4, -0.2) is 4.98 Å². The first-order valence-electron chi connectivity index (χ1n) is 6.51. The van der Waals surface area contributed by atoms with E-state index in [0.717, 1.165) is 33.3 Å². The van der Waals surface area contributed by atoms with Gasteiger partial charge in [-0.25, -0.2) is 4.98 Å². The Morgan fingerprint density at radius 2 is 2.00 bits per heavy atom. The van der Waals surface area contributed by atoms with Gasteiger partial charge in [0.05, 0.1) is 16.2 Å². The molecule has 0 unspecified atom stereocenters. The first kappa shape index (κ1) is 13.4. The Hall–Kier alpha value is -2.56. The van der Waals surface area contributed by atoms with Gasteiger partial charge in [0.15, 0.2) is 0 Å². The molecule has 1 heterocycles. The molecule has 0 atom stereocenters. The van der Waals surface area contributed by atoms with Crippen molar-refractivity contribution < 1.29 is 0 Å². The number of hydrogen-bond donors (Lipinski definition) is 0. The predicted octanol–water partition coefficient (Wildman–Crippen LogP) is 5.18. The monoisotopic (exact) mass is 289 g/mol. The normalized spacial score (nSPS) is 10.3. The molecule has 0 aliphatic rings. The maximum atomic E-state index is 6.38. The maximum absolute atomic E-state index is 6.38. The van der Waals surface area contributed by atoms with Gasteiger partial charge >= 0.3 is 0 Å². The van der Waals surface area contributed by atoms with Gasteiger partial charge in [0, 0.05) is 16.5 Å². The molecule has 21 heavy (non-hydrogen) atoms. The fourth-order valence-corrected chi connectivity index (χ4v) is 2.51. The Morgan fingerprint density at radius 3 is 2.76 bits per heavy atom. The molecular weight excluding hydrogens is 278 g/mol. The van der Waals surface area contributed by atoms with Gasteiger partial charge in [-0.2, -0.15) is 0 Å². The van der Waals surface area contributed by atoms with Gasteiger partial charge in [0.2, 0.25) is 0 Å². The Kier molecular flexibility index (Phi) is 3.48. The zero-order chi connectivity index (χ0) is 14.8. The Labute approximate surface area is 128 Å². The van der Waals surface area contributed by atoms with Crippen LogP contribution in [0.5, 0.6) is 0 Å². The quantitative estimate of drug-likeness (QED) is 0.592. The Balaban J connectivity index is 2.23. The van der Waals surface area contributed by atoms with E-state index in [1.807, 2.05) is 48.5 Å². The van der Waals surface area contributed by atoms with Gasteiger partial charge < -0.3 is 0 Å². The lowest BCUT2D eigenvalue weighted by Gasteiger charge is -2.07. The third-order valence-electron chi connectivity index (χ3n) is 3.34. The van der Waals surface area contributed by atoms with Crippen LogP contribution in [0, 0.1) is 12.3 Å². The fraction of sp³-hybridized carbons (Fsp3) is 0. The molecule has 0 aliphatic carbocycles. The molecule has 0 amide bonds. The summed E-state index contributed by atoms with van der Waals surface area (Å²) in [4.78, 5) is 4.69. The van der Waals surface area contributed by atoms with E-state index >= 15 is 0 Å². The van der Waals surface area contributed by atoms with Crippen LogP contribution in [0.3, 0.4) is 0 Å². The third kappa shape index (κ3) is 2.54. The summed E-state index contributed by atoms with van der Waals surface area (Å²) < 4.78 is 0. The zero-order valence-electron chi connectivity index (χ0n) is 11.3. The lowest BCUT2D eigenvalue weighted by atomic mass is 10.1. The molecule has 0 aliphatic heterocycles. The number of nitrogens with zero attached hydrogens (tertiary/aromatic N) is 1. The van der Waals surface area contributed by atoms with Crippen molar-refractivity contribution in [2.45, 2.75) is 0 Å². The van der Waals surface area contributed by atoms with E-state index in [2.05, 4.69) is 17.5 Å². The predicted molar refractivity (Wildman–Crippen MR) is 90.2 cm³/mol. The first-order chi connectivity index (χ1) is 10.2. The van der Waals surface area contributed by atoms with Crippen molar-refractivity contribution in [3.05, 3.63) is 71.3 Å². The molecule has 0 saturated heterocycles. The largest absolute Gasteiger partial charge is 0.248 e. The van der Waals surface area contributed by atoms with Gasteiger partial charge in [-0.3, -0.25) is 0 Å². The van der Waals surface area contributed by atoms with Crippen LogP contribution >= 0.6 is 11.6 Å². The molecule has 0 saturated carbocycles. The number of fused-ring (bicyclic) bond motifs is 1. The highest BCUT2D eigenvalue weighted by molar-refractivity contribution is 6.35. The lowest BCUT2D eigenvalue weighted by Crippen LogP contribution is -1.88. The van der Waals surface area contributed by atoms with Gasteiger partial charge in [-0.1, -0.05) is 54.4 Å². The van der Waals surface area contributed by atoms with E-state index in [9.17, 15) is 0 Å². The van der Waals surface area contributed by atoms with Crippen LogP contribution in [-0.2, 0) is 0 Å². The molecule has 3 aromatic rings. The molecule has 0 fully saturated rings. The summed E-state index contributed by atoms with van der Waals surface area (Å²) in [7, 11) is 0. The highest BCUT2D eigenvalue weighted by atomic mass is 35.5. The van der Waals surface area contributed by atoms with Crippen LogP contribution in [0.25, 0.3) is 28.2 Å². The highest BCUT2D eigenvalue weighted by Gasteiger charge is 2.07. The van der Waals surface area contributed by atoms with E-state index in [1.54, 1.807) is 6.08 Å². The summed E-state index contributed by atoms with van der Waals surface area (Å²) in [5.41, 5.74) is 4.45. The second-order valence-electron chi connectivity index (χ2n) is 4.70. The summed E-state index contributed by atoms with van der Waals surface area (Å²) in [5, 5.41) is 1.61. The fourth-order valence-electron chi connectivity index (χ4n) is 2.25. The van der Waals surface area contributed by atoms with Gasteiger partial charge in [0.25, 0.3) is 0 Å². The Morgan fingerprint density at radius 1 is 1.14 bits per heavy atom. The number of halogens is 1. The molecule has 0 bridgehead atoms. The molecule has 1 aromatic heterocycles. The average Bonchev–Trinajstić information content (AvgIpc) is 2.54. The van der Waals surface area contributed by atoms with Gasteiger partial charge in [0.1, 0.15) is 0 Å². The number of aromatic nitrogens is 1. The smallest absolute Gasteiger partial charge is 0.0730 e. The minimum absolute atomic E-state index is 0.678. The maximum Gasteiger partial charge on any atom is 0.0730 e. The third-order valence-corrected chi connectivity index (χ3v) is 3.66. The average molecular weight is 290 g/mol. The SMILES string of the molecule is C#Cc1cccc(-c2cc(Cl)c3ccc(C=C)cc3n2)c1. The number of hydrogen-bond acceptors (Lipinski definition) is 1. The summed E-state index contributed by atoms with van der Waals surface area (Å²) in [6, 6.07) is 15.5. The molecule has 2 aromatic carbocycles. The van der Waals surface area contributed by atoms with Crippen molar-refractivity contribution in [1.29, 1.82) is 0 Å². The van der Waals surface area contributed by atoms with Crippen molar-refractivity contribution >= 4 is 28.6 Å². The zero-order valence-corrected chi connectivity index (χ0v) is 12.1. The molecule has 1 nitrogen and oxygen atoms in total.